The van der Waals surface area contributed by atoms with Gasteiger partial charge in [0, 0.05) is 23.6 Å². The number of benzene rings is 1. The Balaban J connectivity index is 1.97. The zero-order chi connectivity index (χ0) is 17.3. The summed E-state index contributed by atoms with van der Waals surface area (Å²) in [5, 5.41) is 2.63. The van der Waals surface area contributed by atoms with Crippen molar-refractivity contribution in [1.82, 2.24) is 9.38 Å². The van der Waals surface area contributed by atoms with Gasteiger partial charge in [-0.1, -0.05) is 18.2 Å². The van der Waals surface area contributed by atoms with Gasteiger partial charge >= 0.3 is 0 Å². The molecule has 1 N–H and O–H groups in total. The molecule has 0 bridgehead atoms. The largest absolute Gasteiger partial charge is 0.322 e. The van der Waals surface area contributed by atoms with E-state index in [1.807, 2.05) is 13.0 Å². The standard InChI is InChI=1S/C18H15N3O3/c1-11-6-7-16-19-9-15(18(24)21(16)10-11)17(23)20-14-5-3-4-13(8-14)12(2)22/h3-10H,1-2H3,(H,20,23). The van der Waals surface area contributed by atoms with Crippen molar-refractivity contribution in [3.05, 3.63) is 75.8 Å². The summed E-state index contributed by atoms with van der Waals surface area (Å²) >= 11 is 0. The van der Waals surface area contributed by atoms with Crippen LogP contribution in [-0.4, -0.2) is 21.1 Å². The van der Waals surface area contributed by atoms with E-state index in [0.29, 0.717) is 16.9 Å². The molecule has 120 valence electrons. The first kappa shape index (κ1) is 15.6. The van der Waals surface area contributed by atoms with Crippen molar-refractivity contribution in [1.29, 1.82) is 0 Å². The molecule has 0 aliphatic carbocycles. The number of pyridine rings is 1. The van der Waals surface area contributed by atoms with Crippen LogP contribution in [0, 0.1) is 6.92 Å². The number of anilines is 1. The molecular formula is C18H15N3O3. The van der Waals surface area contributed by atoms with Crippen LogP contribution in [0.5, 0.6) is 0 Å². The smallest absolute Gasteiger partial charge is 0.270 e. The highest BCUT2D eigenvalue weighted by atomic mass is 16.2. The van der Waals surface area contributed by atoms with E-state index in [-0.39, 0.29) is 11.3 Å². The number of amides is 1. The molecule has 0 fully saturated rings. The average molecular weight is 321 g/mol. The van der Waals surface area contributed by atoms with Gasteiger partial charge in [0.15, 0.2) is 5.78 Å². The number of ketones is 1. The van der Waals surface area contributed by atoms with Crippen molar-refractivity contribution < 1.29 is 9.59 Å². The lowest BCUT2D eigenvalue weighted by Gasteiger charge is -2.07. The van der Waals surface area contributed by atoms with E-state index in [9.17, 15) is 14.4 Å². The first-order valence-electron chi connectivity index (χ1n) is 7.36. The van der Waals surface area contributed by atoms with Crippen LogP contribution >= 0.6 is 0 Å². The van der Waals surface area contributed by atoms with Gasteiger partial charge in [-0.05, 0) is 37.6 Å². The summed E-state index contributed by atoms with van der Waals surface area (Å²) in [5.41, 5.74) is 1.78. The molecule has 1 aromatic carbocycles. The highest BCUT2D eigenvalue weighted by Crippen LogP contribution is 2.12. The number of rotatable bonds is 3. The Kier molecular flexibility index (Phi) is 3.95. The van der Waals surface area contributed by atoms with Crippen LogP contribution in [0.2, 0.25) is 0 Å². The predicted octanol–water partition coefficient (Wildman–Crippen LogP) is 2.46. The maximum Gasteiger partial charge on any atom is 0.270 e. The lowest BCUT2D eigenvalue weighted by atomic mass is 10.1. The van der Waals surface area contributed by atoms with E-state index in [2.05, 4.69) is 10.3 Å². The van der Waals surface area contributed by atoms with Crippen molar-refractivity contribution in [3.8, 4) is 0 Å². The van der Waals surface area contributed by atoms with E-state index < -0.39 is 11.5 Å². The quantitative estimate of drug-likeness (QED) is 0.751. The first-order valence-corrected chi connectivity index (χ1v) is 7.36. The van der Waals surface area contributed by atoms with Crippen molar-refractivity contribution in [3.63, 3.8) is 0 Å². The van der Waals surface area contributed by atoms with Gasteiger partial charge in [0.1, 0.15) is 11.2 Å². The summed E-state index contributed by atoms with van der Waals surface area (Å²) in [4.78, 5) is 40.4. The number of fused-ring (bicyclic) bond motifs is 1. The molecule has 0 unspecified atom stereocenters. The molecule has 6 nitrogen and oxygen atoms in total. The Hall–Kier alpha value is -3.28. The molecule has 0 aliphatic rings. The van der Waals surface area contributed by atoms with Gasteiger partial charge in [-0.3, -0.25) is 18.8 Å². The van der Waals surface area contributed by atoms with Crippen LogP contribution < -0.4 is 10.9 Å². The molecule has 0 radical (unpaired) electrons. The molecule has 0 atom stereocenters. The summed E-state index contributed by atoms with van der Waals surface area (Å²) in [6, 6.07) is 10.1. The number of Topliss-reactive ketones (excluding diaryl/α,β-unsaturated/α-hetero) is 1. The predicted molar refractivity (Wildman–Crippen MR) is 90.6 cm³/mol. The minimum Gasteiger partial charge on any atom is -0.322 e. The number of hydrogen-bond donors (Lipinski definition) is 1. The molecule has 3 aromatic rings. The second-order valence-electron chi connectivity index (χ2n) is 5.50. The van der Waals surface area contributed by atoms with Crippen LogP contribution in [0.25, 0.3) is 5.65 Å². The molecule has 0 saturated heterocycles. The highest BCUT2D eigenvalue weighted by Gasteiger charge is 2.14. The zero-order valence-corrected chi connectivity index (χ0v) is 13.2. The average Bonchev–Trinajstić information content (AvgIpc) is 2.56. The van der Waals surface area contributed by atoms with Crippen molar-refractivity contribution >= 4 is 23.0 Å². The molecule has 1 amide bonds. The minimum atomic E-state index is -0.566. The van der Waals surface area contributed by atoms with E-state index in [4.69, 9.17) is 0 Å². The maximum absolute atomic E-state index is 12.5. The Labute approximate surface area is 137 Å². The molecule has 24 heavy (non-hydrogen) atoms. The molecule has 0 spiro atoms. The number of carbonyl (C=O) groups is 2. The number of carbonyl (C=O) groups excluding carboxylic acids is 2. The van der Waals surface area contributed by atoms with E-state index in [0.717, 1.165) is 5.56 Å². The van der Waals surface area contributed by atoms with Crippen LogP contribution in [-0.2, 0) is 0 Å². The number of aromatic nitrogens is 2. The summed E-state index contributed by atoms with van der Waals surface area (Å²) < 4.78 is 1.34. The third-order valence-corrected chi connectivity index (χ3v) is 3.62. The monoisotopic (exact) mass is 321 g/mol. The van der Waals surface area contributed by atoms with E-state index in [1.54, 1.807) is 36.5 Å². The first-order chi connectivity index (χ1) is 11.5. The van der Waals surface area contributed by atoms with Crippen molar-refractivity contribution in [2.24, 2.45) is 0 Å². The summed E-state index contributed by atoms with van der Waals surface area (Å²) in [7, 11) is 0. The molecule has 3 rings (SSSR count). The topological polar surface area (TPSA) is 80.5 Å². The third kappa shape index (κ3) is 2.94. The van der Waals surface area contributed by atoms with Gasteiger partial charge in [0.25, 0.3) is 11.5 Å². The number of nitrogens with one attached hydrogen (secondary N) is 1. The Morgan fingerprint density at radius 1 is 1.17 bits per heavy atom. The Bertz CT molecular complexity index is 1020. The van der Waals surface area contributed by atoms with Gasteiger partial charge in [0.05, 0.1) is 0 Å². The van der Waals surface area contributed by atoms with Gasteiger partial charge in [-0.2, -0.15) is 0 Å². The fourth-order valence-corrected chi connectivity index (χ4v) is 2.35. The Morgan fingerprint density at radius 2 is 1.96 bits per heavy atom. The highest BCUT2D eigenvalue weighted by molar-refractivity contribution is 6.04. The molecule has 6 heteroatoms. The molecular weight excluding hydrogens is 306 g/mol. The molecule has 2 aromatic heterocycles. The molecule has 0 aliphatic heterocycles. The fraction of sp³-hybridized carbons (Fsp3) is 0.111. The van der Waals surface area contributed by atoms with Crippen LogP contribution in [0.15, 0.2) is 53.6 Å². The van der Waals surface area contributed by atoms with Crippen LogP contribution in [0.1, 0.15) is 33.2 Å². The number of nitrogens with zero attached hydrogens (tertiary/aromatic N) is 2. The van der Waals surface area contributed by atoms with Gasteiger partial charge < -0.3 is 5.32 Å². The minimum absolute atomic E-state index is 0.0636. The normalized spacial score (nSPS) is 10.6. The number of hydrogen-bond acceptors (Lipinski definition) is 4. The summed E-state index contributed by atoms with van der Waals surface area (Å²) in [6.45, 7) is 3.30. The molecule has 2 heterocycles. The summed E-state index contributed by atoms with van der Waals surface area (Å²) in [5.74, 6) is -0.668. The number of aryl methyl sites for hydroxylation is 1. The second-order valence-corrected chi connectivity index (χ2v) is 5.50. The second kappa shape index (κ2) is 6.08. The summed E-state index contributed by atoms with van der Waals surface area (Å²) in [6.07, 6.45) is 2.90. The van der Waals surface area contributed by atoms with Gasteiger partial charge in [-0.15, -0.1) is 0 Å². The lowest BCUT2D eigenvalue weighted by molar-refractivity contribution is 0.101. The van der Waals surface area contributed by atoms with E-state index in [1.165, 1.54) is 17.5 Å². The van der Waals surface area contributed by atoms with Gasteiger partial charge in [0.2, 0.25) is 0 Å². The van der Waals surface area contributed by atoms with Crippen molar-refractivity contribution in [2.75, 3.05) is 5.32 Å². The maximum atomic E-state index is 12.5. The van der Waals surface area contributed by atoms with Crippen molar-refractivity contribution in [2.45, 2.75) is 13.8 Å². The molecule has 0 saturated carbocycles. The zero-order valence-electron chi connectivity index (χ0n) is 13.2. The van der Waals surface area contributed by atoms with Crippen LogP contribution in [0.3, 0.4) is 0 Å². The van der Waals surface area contributed by atoms with Gasteiger partial charge in [-0.25, -0.2) is 4.98 Å². The van der Waals surface area contributed by atoms with E-state index >= 15 is 0 Å². The Morgan fingerprint density at radius 3 is 2.71 bits per heavy atom. The third-order valence-electron chi connectivity index (χ3n) is 3.62. The lowest BCUT2D eigenvalue weighted by Crippen LogP contribution is -2.26. The van der Waals surface area contributed by atoms with Crippen LogP contribution in [0.4, 0.5) is 5.69 Å². The fourth-order valence-electron chi connectivity index (χ4n) is 2.35. The SMILES string of the molecule is CC(=O)c1cccc(NC(=O)c2cnc3ccc(C)cn3c2=O)c1.